The number of furan rings is 1. The lowest BCUT2D eigenvalue weighted by atomic mass is 9.87. The molecular weight excluding hydrogens is 1490 g/mol. The van der Waals surface area contributed by atoms with Gasteiger partial charge in [-0.25, -0.2) is 49.2 Å². The fourth-order valence-electron chi connectivity index (χ4n) is 17.8. The van der Waals surface area contributed by atoms with Crippen molar-refractivity contribution in [2.45, 2.75) is 149 Å². The van der Waals surface area contributed by atoms with E-state index in [0.29, 0.717) is 79.4 Å². The summed E-state index contributed by atoms with van der Waals surface area (Å²) < 4.78 is 19.1. The maximum absolute atomic E-state index is 13.4. The summed E-state index contributed by atoms with van der Waals surface area (Å²) in [6.07, 6.45) is 24.9. The maximum Gasteiger partial charge on any atom is 0.161 e. The molecule has 9 saturated heterocycles. The van der Waals surface area contributed by atoms with E-state index in [1.165, 1.54) is 47.6 Å². The van der Waals surface area contributed by atoms with Crippen LogP contribution < -0.4 is 14.7 Å². The molecule has 26 nitrogen and oxygen atoms in total. The van der Waals surface area contributed by atoms with E-state index in [0.717, 1.165) is 202 Å². The second kappa shape index (κ2) is 32.9. The van der Waals surface area contributed by atoms with Gasteiger partial charge in [-0.1, -0.05) is 24.3 Å². The number of rotatable bonds is 21. The second-order valence-corrected chi connectivity index (χ2v) is 32.9. The molecule has 119 heavy (non-hydrogen) atoms. The summed E-state index contributed by atoms with van der Waals surface area (Å²) in [6, 6.07) is 44.5. The average molecular weight is 1580 g/mol. The van der Waals surface area contributed by atoms with Crippen LogP contribution in [0.15, 0.2) is 192 Å². The standard InChI is InChI=1S/C31H31FN8.C31H32N8O.C30H31N9/c1-19-9-25(12-26-10-20(2)37-38-26)36-31(35-19)23-5-8-30(34-15-23)39-17-27-13-28(18-39)40(27)16-21-3-7-29(33-14-21)22-4-6-24(32)11-22;1-19-10-24(12-25-11-20(2)36-37-25)35-31(34-19)23-6-9-30(33-15-23)38-17-26-13-27(18-38)39(26)16-22-5-7-28(32-14-22)29-8-4-21(3)40-29;1-19-9-24(11-25-10-20(2)36-37-25)35-30(34-19)23-4-6-29(33-15-23)38-17-26-12-27(18-38)39(26)16-21-3-5-28(32-13-21)22-7-8-31-14-22/h3-10,14-15,27-28H,11-13,16-18H2,1-2H3,(H,37,38);4-11,14-15,26-27H,12-13,16-18H2,1-3H3,(H,36,37);3-10,13,15,26-27H,11-12,14,16-18H2,1-2H3,(H,36,37). The van der Waals surface area contributed by atoms with E-state index in [2.05, 4.69) is 168 Å². The van der Waals surface area contributed by atoms with Gasteiger partial charge in [0.1, 0.15) is 34.7 Å². The topological polar surface area (TPSA) is 286 Å². The number of halogens is 1. The summed E-state index contributed by atoms with van der Waals surface area (Å²) in [5, 5.41) is 22.0. The number of aryl methyl sites for hydroxylation is 7. The van der Waals surface area contributed by atoms with Gasteiger partial charge >= 0.3 is 0 Å². The van der Waals surface area contributed by atoms with Gasteiger partial charge in [0, 0.05) is 221 Å². The molecule has 0 radical (unpaired) electrons. The lowest BCUT2D eigenvalue weighted by Gasteiger charge is -2.56. The number of aromatic nitrogens is 18. The molecular formula is C92H94FN25O. The number of piperidine rings is 3. The summed E-state index contributed by atoms with van der Waals surface area (Å²) >= 11 is 0. The molecule has 13 aromatic rings. The Labute approximate surface area is 690 Å². The molecule has 1 aliphatic carbocycles. The minimum Gasteiger partial charge on any atom is -0.460 e. The van der Waals surface area contributed by atoms with E-state index in [9.17, 15) is 4.39 Å². The van der Waals surface area contributed by atoms with Gasteiger partial charge in [0.2, 0.25) is 0 Å². The monoisotopic (exact) mass is 1580 g/mol. The van der Waals surface area contributed by atoms with Crippen LogP contribution >= 0.6 is 0 Å². The minimum atomic E-state index is -0.100. The van der Waals surface area contributed by atoms with Gasteiger partial charge in [0.25, 0.3) is 0 Å². The fraction of sp³-hybridized carbons (Fsp3) is 0.326. The lowest BCUT2D eigenvalue weighted by Crippen LogP contribution is -2.68. The molecule has 23 heterocycles. The van der Waals surface area contributed by atoms with Crippen molar-refractivity contribution < 1.29 is 8.81 Å². The van der Waals surface area contributed by atoms with Gasteiger partial charge in [0.05, 0.1) is 52.1 Å². The first-order valence-corrected chi connectivity index (χ1v) is 41.1. The molecule has 0 spiro atoms. The first kappa shape index (κ1) is 76.1. The number of aromatic amines is 3. The summed E-state index contributed by atoms with van der Waals surface area (Å²) in [7, 11) is 0. The average Bonchev–Trinajstić information content (AvgIpc) is 1.71. The number of piperazine rings is 3. The van der Waals surface area contributed by atoms with Crippen LogP contribution in [-0.4, -0.2) is 193 Å². The third-order valence-corrected chi connectivity index (χ3v) is 23.8. The zero-order valence-corrected chi connectivity index (χ0v) is 67.9. The van der Waals surface area contributed by atoms with Crippen molar-refractivity contribution >= 4 is 34.8 Å². The van der Waals surface area contributed by atoms with Crippen LogP contribution in [0.5, 0.6) is 0 Å². The molecule has 0 saturated carbocycles. The van der Waals surface area contributed by atoms with Crippen molar-refractivity contribution in [1.82, 2.24) is 105 Å². The Morgan fingerprint density at radius 3 is 1.07 bits per heavy atom. The Morgan fingerprint density at radius 2 is 0.765 bits per heavy atom. The first-order valence-electron chi connectivity index (χ1n) is 41.1. The Bertz CT molecular complexity index is 5920. The molecule has 9 fully saturated rings. The number of H-pyrrole nitrogens is 3. The van der Waals surface area contributed by atoms with Crippen LogP contribution in [0.25, 0.3) is 56.8 Å². The van der Waals surface area contributed by atoms with Crippen LogP contribution in [0.1, 0.15) is 128 Å². The fourth-order valence-corrected chi connectivity index (χ4v) is 17.8. The van der Waals surface area contributed by atoms with Crippen LogP contribution in [0.2, 0.25) is 0 Å². The molecule has 13 aromatic heterocycles. The van der Waals surface area contributed by atoms with E-state index >= 15 is 0 Å². The predicted octanol–water partition coefficient (Wildman–Crippen LogP) is 13.7. The molecule has 6 atom stereocenters. The number of anilines is 3. The highest BCUT2D eigenvalue weighted by atomic mass is 19.1. The van der Waals surface area contributed by atoms with Gasteiger partial charge in [-0.05, 0) is 205 Å². The van der Waals surface area contributed by atoms with E-state index in [1.54, 1.807) is 0 Å². The normalized spacial score (nSPS) is 19.7. The molecule has 6 bridgehead atoms. The van der Waals surface area contributed by atoms with Crippen molar-refractivity contribution in [3.8, 4) is 45.6 Å². The SMILES string of the molecule is Cc1cc(Cc2cc(C)[nH]n2)nc(-c2ccc(N3CC4CC(C3)N4Cc3ccc(-c4ccc(C)o4)nc3)nc2)n1.Cc1cc(Cc2cc(C)[nH]n2)nc(-c2ccc(N3CC4CC(C3)N4Cc3ccc(C4=CC=C(F)C4)nc3)nc2)n1.Cc1cc(Cc2cc(C)[nH]n2)nc(-c2ccc(N3CC4CC(C3)N4Cc3ccc(C4=CC=NC4)nc3)nc2)n1. The number of hydrogen-bond donors (Lipinski definition) is 3. The van der Waals surface area contributed by atoms with E-state index in [1.807, 2.05) is 153 Å². The Hall–Kier alpha value is -12.9. The van der Waals surface area contributed by atoms with Crippen molar-refractivity contribution in [3.63, 3.8) is 0 Å². The maximum atomic E-state index is 13.4. The molecule has 3 N–H and O–H groups in total. The van der Waals surface area contributed by atoms with Gasteiger partial charge in [-0.15, -0.1) is 0 Å². The number of nitrogens with one attached hydrogen (secondary N) is 3. The molecule has 0 aromatic carbocycles. The summed E-state index contributed by atoms with van der Waals surface area (Å²) in [5.74, 6) is 6.75. The van der Waals surface area contributed by atoms with Crippen LogP contribution in [0.3, 0.4) is 0 Å². The minimum absolute atomic E-state index is 0.100. The zero-order chi connectivity index (χ0) is 80.8. The zero-order valence-electron chi connectivity index (χ0n) is 67.9. The molecule has 10 aliphatic heterocycles. The Balaban J connectivity index is 0.000000118. The van der Waals surface area contributed by atoms with Crippen molar-refractivity contribution in [2.24, 2.45) is 4.99 Å². The smallest absolute Gasteiger partial charge is 0.161 e. The third-order valence-electron chi connectivity index (χ3n) is 23.8. The number of aliphatic imine (C=N–C) groups is 1. The molecule has 6 unspecified atom stereocenters. The number of fused-ring (bicyclic) bond motifs is 6. The van der Waals surface area contributed by atoms with Crippen molar-refractivity contribution in [3.05, 3.63) is 285 Å². The van der Waals surface area contributed by atoms with Gasteiger partial charge in [0.15, 0.2) is 23.2 Å². The highest BCUT2D eigenvalue weighted by Gasteiger charge is 2.47. The molecule has 24 rings (SSSR count). The molecule has 27 heteroatoms. The van der Waals surface area contributed by atoms with Crippen LogP contribution in [-0.2, 0) is 38.9 Å². The quantitative estimate of drug-likeness (QED) is 0.0602. The van der Waals surface area contributed by atoms with Gasteiger partial charge < -0.3 is 19.1 Å². The number of nitrogens with zero attached hydrogens (tertiary/aromatic N) is 22. The van der Waals surface area contributed by atoms with Crippen molar-refractivity contribution in [2.75, 3.05) is 60.5 Å². The highest BCUT2D eigenvalue weighted by Crippen LogP contribution is 2.40. The van der Waals surface area contributed by atoms with Crippen molar-refractivity contribution in [1.29, 1.82) is 0 Å². The van der Waals surface area contributed by atoms with E-state index < -0.39 is 0 Å². The number of allylic oxidation sites excluding steroid dienone is 5. The summed E-state index contributed by atoms with van der Waals surface area (Å²) in [6.45, 7) is 23.3. The second-order valence-electron chi connectivity index (χ2n) is 32.9. The van der Waals surface area contributed by atoms with E-state index in [-0.39, 0.29) is 5.83 Å². The Morgan fingerprint density at radius 1 is 0.378 bits per heavy atom. The van der Waals surface area contributed by atoms with Gasteiger partial charge in [-0.3, -0.25) is 49.9 Å². The van der Waals surface area contributed by atoms with Crippen LogP contribution in [0, 0.1) is 48.5 Å². The first-order chi connectivity index (χ1) is 58.0. The van der Waals surface area contributed by atoms with E-state index in [4.69, 9.17) is 34.3 Å². The number of pyridine rings is 6. The molecule has 0 amide bonds. The highest BCUT2D eigenvalue weighted by molar-refractivity contribution is 5.88. The largest absolute Gasteiger partial charge is 0.460 e. The predicted molar refractivity (Wildman–Crippen MR) is 457 cm³/mol. The third kappa shape index (κ3) is 17.2. The summed E-state index contributed by atoms with van der Waals surface area (Å²) in [4.78, 5) is 76.0. The lowest BCUT2D eigenvalue weighted by molar-refractivity contribution is -0.00877. The van der Waals surface area contributed by atoms with Crippen LogP contribution in [0.4, 0.5) is 21.8 Å². The van der Waals surface area contributed by atoms with Gasteiger partial charge in [-0.2, -0.15) is 15.3 Å². The Kier molecular flexibility index (Phi) is 21.1. The molecule has 600 valence electrons. The molecule has 11 aliphatic rings. The number of hydrogen-bond acceptors (Lipinski definition) is 23. The summed E-state index contributed by atoms with van der Waals surface area (Å²) in [5.41, 5.74) is 23.1.